The van der Waals surface area contributed by atoms with Crippen LogP contribution in [0.25, 0.3) is 39.2 Å². The first-order chi connectivity index (χ1) is 18.5. The number of aromatic nitrogens is 2. The van der Waals surface area contributed by atoms with Gasteiger partial charge in [-0.3, -0.25) is 0 Å². The zero-order valence-corrected chi connectivity index (χ0v) is 26.1. The molecule has 0 bridgehead atoms. The van der Waals surface area contributed by atoms with Crippen LogP contribution in [0.4, 0.5) is 0 Å². The van der Waals surface area contributed by atoms with Gasteiger partial charge in [0.2, 0.25) is 0 Å². The summed E-state index contributed by atoms with van der Waals surface area (Å²) >= 11 is 0. The molecule has 1 heterocycles. The van der Waals surface area contributed by atoms with E-state index in [0.29, 0.717) is 11.8 Å². The van der Waals surface area contributed by atoms with Gasteiger partial charge in [0.15, 0.2) is 11.0 Å². The van der Waals surface area contributed by atoms with E-state index in [2.05, 4.69) is 155 Å². The first-order valence-corrected chi connectivity index (χ1v) is 17.8. The van der Waals surface area contributed by atoms with Gasteiger partial charge in [0, 0.05) is 11.1 Å². The first-order valence-electron chi connectivity index (χ1n) is 14.3. The van der Waals surface area contributed by atoms with Crippen molar-refractivity contribution >= 4 is 24.3 Å². The molecule has 2 nitrogen and oxygen atoms in total. The first kappa shape index (κ1) is 27.1. The Morgan fingerprint density at radius 1 is 0.692 bits per heavy atom. The van der Waals surface area contributed by atoms with Crippen LogP contribution in [0.3, 0.4) is 0 Å². The molecule has 39 heavy (non-hydrogen) atoms. The Bertz CT molecular complexity index is 1620. The predicted octanol–water partition coefficient (Wildman–Crippen LogP) is 8.89. The molecule has 0 saturated heterocycles. The fourth-order valence-electron chi connectivity index (χ4n) is 5.80. The van der Waals surface area contributed by atoms with E-state index in [1.807, 2.05) is 0 Å². The lowest BCUT2D eigenvalue weighted by Gasteiger charge is -2.21. The van der Waals surface area contributed by atoms with E-state index >= 15 is 0 Å². The highest BCUT2D eigenvalue weighted by Crippen LogP contribution is 2.40. The number of benzene rings is 4. The molecule has 0 aliphatic rings. The van der Waals surface area contributed by atoms with Crippen molar-refractivity contribution < 1.29 is 4.57 Å². The van der Waals surface area contributed by atoms with Crippen molar-refractivity contribution in [3.63, 3.8) is 0 Å². The summed E-state index contributed by atoms with van der Waals surface area (Å²) in [5.74, 6) is 1.98. The van der Waals surface area contributed by atoms with Gasteiger partial charge >= 0.3 is 0 Å². The van der Waals surface area contributed by atoms with Gasteiger partial charge in [-0.25, -0.2) is 4.57 Å². The van der Waals surface area contributed by atoms with Crippen LogP contribution in [0, 0.1) is 6.92 Å². The molecule has 0 saturated carbocycles. The predicted molar refractivity (Wildman–Crippen MR) is 171 cm³/mol. The second-order valence-corrected chi connectivity index (χ2v) is 17.7. The summed E-state index contributed by atoms with van der Waals surface area (Å²) in [7, 11) is 0.714. The minimum Gasteiger partial charge on any atom is -0.225 e. The summed E-state index contributed by atoms with van der Waals surface area (Å²) in [6.45, 7) is 18.9. The second-order valence-electron chi connectivity index (χ2n) is 12.7. The average molecular weight is 532 g/mol. The van der Waals surface area contributed by atoms with Crippen LogP contribution in [0.2, 0.25) is 19.6 Å². The third-order valence-electron chi connectivity index (χ3n) is 8.10. The molecule has 0 atom stereocenters. The molecule has 200 valence electrons. The summed E-state index contributed by atoms with van der Waals surface area (Å²) in [6, 6.07) is 31.7. The Labute approximate surface area is 236 Å². The maximum absolute atomic E-state index is 2.60. The number of rotatable bonds is 6. The standard InChI is InChI=1S/C36H43N2Si/c1-24(2)31-21-28(27-16-11-10-12-17-27)22-32(25(3)4)35(31)38-34-23-29(39(7,8)9)19-20-33(34)37(6)36(38)30-18-14-13-15-26(30)5/h10-25H,1-9H3/q+1. The topological polar surface area (TPSA) is 8.81 Å². The fourth-order valence-corrected chi connectivity index (χ4v) is 6.95. The normalized spacial score (nSPS) is 12.2. The third kappa shape index (κ3) is 4.89. The van der Waals surface area contributed by atoms with Crippen molar-refractivity contribution in [2.24, 2.45) is 7.05 Å². The summed E-state index contributed by atoms with van der Waals surface area (Å²) in [4.78, 5) is 0. The van der Waals surface area contributed by atoms with E-state index in [9.17, 15) is 0 Å². The van der Waals surface area contributed by atoms with Crippen molar-refractivity contribution in [1.29, 1.82) is 0 Å². The molecule has 4 aromatic carbocycles. The molecule has 0 fully saturated rings. The molecule has 0 spiro atoms. The largest absolute Gasteiger partial charge is 0.295 e. The van der Waals surface area contributed by atoms with Gasteiger partial charge in [-0.2, -0.15) is 4.57 Å². The SMILES string of the molecule is Cc1ccccc1-c1n(-c2c(C(C)C)cc(-c3ccccc3)cc2C(C)C)c2cc([Si](C)(C)C)ccc2[n+]1C. The minimum absolute atomic E-state index is 0.369. The van der Waals surface area contributed by atoms with Gasteiger partial charge in [0.1, 0.15) is 5.69 Å². The zero-order valence-electron chi connectivity index (χ0n) is 25.1. The summed E-state index contributed by atoms with van der Waals surface area (Å²) in [5, 5.41) is 1.49. The quantitative estimate of drug-likeness (QED) is 0.153. The van der Waals surface area contributed by atoms with Gasteiger partial charge < -0.3 is 0 Å². The minimum atomic E-state index is -1.52. The molecule has 3 heteroatoms. The number of fused-ring (bicyclic) bond motifs is 1. The Hall–Kier alpha value is -3.43. The molecule has 1 aromatic heterocycles. The Morgan fingerprint density at radius 3 is 1.85 bits per heavy atom. The smallest absolute Gasteiger partial charge is 0.225 e. The van der Waals surface area contributed by atoms with Crippen molar-refractivity contribution in [2.45, 2.75) is 66.1 Å². The lowest BCUT2D eigenvalue weighted by molar-refractivity contribution is -0.633. The van der Waals surface area contributed by atoms with Gasteiger partial charge in [-0.15, -0.1) is 0 Å². The number of hydrogen-bond acceptors (Lipinski definition) is 0. The van der Waals surface area contributed by atoms with E-state index in [4.69, 9.17) is 0 Å². The molecular formula is C36H43N2Si+. The molecule has 0 aliphatic carbocycles. The summed E-state index contributed by atoms with van der Waals surface area (Å²) < 4.78 is 5.01. The van der Waals surface area contributed by atoms with Gasteiger partial charge in [0.05, 0.1) is 20.7 Å². The van der Waals surface area contributed by atoms with Crippen LogP contribution in [0.1, 0.15) is 56.2 Å². The third-order valence-corrected chi connectivity index (χ3v) is 10.1. The van der Waals surface area contributed by atoms with Gasteiger partial charge in [-0.1, -0.05) is 107 Å². The molecular weight excluding hydrogens is 488 g/mol. The van der Waals surface area contributed by atoms with Crippen LogP contribution in [0.5, 0.6) is 0 Å². The average Bonchev–Trinajstić information content (AvgIpc) is 3.19. The van der Waals surface area contributed by atoms with Crippen LogP contribution < -0.4 is 9.75 Å². The maximum atomic E-state index is 2.60. The monoisotopic (exact) mass is 531 g/mol. The Kier molecular flexibility index (Phi) is 7.15. The van der Waals surface area contributed by atoms with Crippen molar-refractivity contribution in [3.05, 3.63) is 102 Å². The highest BCUT2D eigenvalue weighted by Gasteiger charge is 2.33. The van der Waals surface area contributed by atoms with Crippen molar-refractivity contribution in [1.82, 2.24) is 4.57 Å². The van der Waals surface area contributed by atoms with Crippen molar-refractivity contribution in [2.75, 3.05) is 0 Å². The Morgan fingerprint density at radius 2 is 1.28 bits per heavy atom. The van der Waals surface area contributed by atoms with E-state index in [1.165, 1.54) is 61.1 Å². The Balaban J connectivity index is 1.98. The van der Waals surface area contributed by atoms with Crippen LogP contribution in [0.15, 0.2) is 84.9 Å². The lowest BCUT2D eigenvalue weighted by Crippen LogP contribution is -2.37. The van der Waals surface area contributed by atoms with Crippen LogP contribution in [-0.4, -0.2) is 12.6 Å². The number of imidazole rings is 1. The summed E-state index contributed by atoms with van der Waals surface area (Å²) in [6.07, 6.45) is 0. The number of hydrogen-bond donors (Lipinski definition) is 0. The second kappa shape index (κ2) is 10.3. The molecule has 0 radical (unpaired) electrons. The van der Waals surface area contributed by atoms with Crippen molar-refractivity contribution in [3.8, 4) is 28.2 Å². The lowest BCUT2D eigenvalue weighted by atomic mass is 9.88. The number of nitrogens with zero attached hydrogens (tertiary/aromatic N) is 2. The van der Waals surface area contributed by atoms with Crippen LogP contribution >= 0.6 is 0 Å². The van der Waals surface area contributed by atoms with E-state index < -0.39 is 8.07 Å². The van der Waals surface area contributed by atoms with Gasteiger partial charge in [-0.05, 0) is 65.8 Å². The highest BCUT2D eigenvalue weighted by atomic mass is 28.3. The molecule has 0 aliphatic heterocycles. The molecule has 0 unspecified atom stereocenters. The molecule has 5 rings (SSSR count). The van der Waals surface area contributed by atoms with Crippen LogP contribution in [-0.2, 0) is 7.05 Å². The van der Waals surface area contributed by atoms with E-state index in [0.717, 1.165) is 0 Å². The van der Waals surface area contributed by atoms with E-state index in [-0.39, 0.29) is 0 Å². The highest BCUT2D eigenvalue weighted by molar-refractivity contribution is 6.88. The number of aryl methyl sites for hydroxylation is 2. The van der Waals surface area contributed by atoms with E-state index in [1.54, 1.807) is 0 Å². The van der Waals surface area contributed by atoms with Gasteiger partial charge in [0.25, 0.3) is 5.82 Å². The summed E-state index contributed by atoms with van der Waals surface area (Å²) in [5.41, 5.74) is 11.8. The molecule has 0 amide bonds. The fraction of sp³-hybridized carbons (Fsp3) is 0.306. The zero-order chi connectivity index (χ0) is 28.1. The maximum Gasteiger partial charge on any atom is 0.295 e. The molecule has 0 N–H and O–H groups in total. The molecule has 5 aromatic rings.